The zero-order chi connectivity index (χ0) is 20.4. The van der Waals surface area contributed by atoms with Gasteiger partial charge in [0.15, 0.2) is 11.5 Å². The van der Waals surface area contributed by atoms with Gasteiger partial charge < -0.3 is 18.9 Å². The largest absolute Gasteiger partial charge is 0.493 e. The third-order valence-electron chi connectivity index (χ3n) is 3.38. The first-order valence-corrected chi connectivity index (χ1v) is 9.22. The molecule has 0 fully saturated rings. The van der Waals surface area contributed by atoms with E-state index in [9.17, 15) is 9.59 Å². The first-order chi connectivity index (χ1) is 12.8. The van der Waals surface area contributed by atoms with Crippen LogP contribution in [0.1, 0.15) is 53.0 Å². The molecule has 0 amide bonds. The van der Waals surface area contributed by atoms with Crippen LogP contribution in [0.2, 0.25) is 0 Å². The van der Waals surface area contributed by atoms with Gasteiger partial charge in [-0.05, 0) is 57.9 Å². The molecule has 0 saturated heterocycles. The molecule has 0 heterocycles. The lowest BCUT2D eigenvalue weighted by molar-refractivity contribution is -0.150. The molecule has 0 unspecified atom stereocenters. The number of methoxy groups -OCH3 is 1. The summed E-state index contributed by atoms with van der Waals surface area (Å²) >= 11 is 0. The highest BCUT2D eigenvalue weighted by Gasteiger charge is 2.23. The minimum absolute atomic E-state index is 0.167. The van der Waals surface area contributed by atoms with Gasteiger partial charge in [-0.2, -0.15) is 0 Å². The Morgan fingerprint density at radius 1 is 1.00 bits per heavy atom. The van der Waals surface area contributed by atoms with Crippen molar-refractivity contribution in [1.29, 1.82) is 0 Å². The summed E-state index contributed by atoms with van der Waals surface area (Å²) in [4.78, 5) is 24.7. The molecule has 0 aliphatic carbocycles. The van der Waals surface area contributed by atoms with Crippen molar-refractivity contribution in [2.24, 2.45) is 0 Å². The Morgan fingerprint density at radius 2 is 1.59 bits per heavy atom. The Bertz CT molecular complexity index is 637. The van der Waals surface area contributed by atoms with E-state index in [1.807, 2.05) is 0 Å². The molecule has 1 aromatic rings. The number of unbranched alkanes of at least 4 members (excludes halogenated alkanes) is 1. The van der Waals surface area contributed by atoms with Gasteiger partial charge in [-0.15, -0.1) is 0 Å². The van der Waals surface area contributed by atoms with Crippen molar-refractivity contribution in [3.05, 3.63) is 29.3 Å². The van der Waals surface area contributed by atoms with E-state index < -0.39 is 11.9 Å². The van der Waals surface area contributed by atoms with Crippen molar-refractivity contribution < 1.29 is 28.5 Å². The van der Waals surface area contributed by atoms with Crippen LogP contribution in [-0.4, -0.2) is 37.9 Å². The Balaban J connectivity index is 3.16. The quantitative estimate of drug-likeness (QED) is 0.200. The highest BCUT2D eigenvalue weighted by molar-refractivity contribution is 6.17. The molecule has 1 aromatic carbocycles. The Labute approximate surface area is 161 Å². The minimum atomic E-state index is -0.724. The van der Waals surface area contributed by atoms with E-state index in [0.717, 1.165) is 12.8 Å². The van der Waals surface area contributed by atoms with Crippen LogP contribution in [0.15, 0.2) is 23.8 Å². The van der Waals surface area contributed by atoms with Crippen LogP contribution in [0.3, 0.4) is 0 Å². The number of ether oxygens (including phenoxy) is 4. The van der Waals surface area contributed by atoms with E-state index in [-0.39, 0.29) is 17.8 Å². The summed E-state index contributed by atoms with van der Waals surface area (Å²) in [6.07, 6.45) is 2.71. The average molecular weight is 378 g/mol. The molecule has 150 valence electrons. The molecule has 0 atom stereocenters. The number of hydrogen-bond donors (Lipinski definition) is 0. The number of benzene rings is 1. The predicted molar refractivity (Wildman–Crippen MR) is 104 cm³/mol. The van der Waals surface area contributed by atoms with Gasteiger partial charge in [0.2, 0.25) is 0 Å². The van der Waals surface area contributed by atoms with Crippen LogP contribution in [-0.2, 0) is 19.1 Å². The van der Waals surface area contributed by atoms with Crippen molar-refractivity contribution in [3.63, 3.8) is 0 Å². The first kappa shape index (κ1) is 22.5. The average Bonchev–Trinajstić information content (AvgIpc) is 2.59. The van der Waals surface area contributed by atoms with Gasteiger partial charge in [0.05, 0.1) is 25.9 Å². The molecule has 27 heavy (non-hydrogen) atoms. The van der Waals surface area contributed by atoms with Crippen molar-refractivity contribution >= 4 is 18.0 Å². The van der Waals surface area contributed by atoms with Crippen LogP contribution >= 0.6 is 0 Å². The summed E-state index contributed by atoms with van der Waals surface area (Å²) < 4.78 is 21.4. The molecule has 0 radical (unpaired) electrons. The van der Waals surface area contributed by atoms with E-state index in [0.29, 0.717) is 23.7 Å². The van der Waals surface area contributed by atoms with Crippen molar-refractivity contribution in [1.82, 2.24) is 0 Å². The second-order valence-electron chi connectivity index (χ2n) is 6.58. The fourth-order valence-corrected chi connectivity index (χ4v) is 2.14. The van der Waals surface area contributed by atoms with Crippen LogP contribution in [0, 0.1) is 0 Å². The zero-order valence-corrected chi connectivity index (χ0v) is 17.0. The number of carbonyl (C=O) groups excluding carboxylic acids is 2. The highest BCUT2D eigenvalue weighted by Crippen LogP contribution is 2.29. The molecule has 0 aliphatic heterocycles. The third kappa shape index (κ3) is 7.72. The van der Waals surface area contributed by atoms with Gasteiger partial charge in [-0.3, -0.25) is 0 Å². The highest BCUT2D eigenvalue weighted by atomic mass is 16.6. The molecule has 0 spiro atoms. The van der Waals surface area contributed by atoms with E-state index >= 15 is 0 Å². The van der Waals surface area contributed by atoms with Gasteiger partial charge in [-0.25, -0.2) is 9.59 Å². The lowest BCUT2D eigenvalue weighted by atomic mass is 10.1. The topological polar surface area (TPSA) is 71.1 Å². The second kappa shape index (κ2) is 11.3. The Hall–Kier alpha value is -2.50. The van der Waals surface area contributed by atoms with Crippen molar-refractivity contribution in [2.45, 2.75) is 59.7 Å². The predicted octanol–water partition coefficient (Wildman–Crippen LogP) is 4.16. The molecule has 6 nitrogen and oxygen atoms in total. The first-order valence-electron chi connectivity index (χ1n) is 9.22. The van der Waals surface area contributed by atoms with Crippen LogP contribution in [0.25, 0.3) is 6.08 Å². The Kier molecular flexibility index (Phi) is 9.40. The second-order valence-corrected chi connectivity index (χ2v) is 6.58. The fraction of sp³-hybridized carbons (Fsp3) is 0.524. The van der Waals surface area contributed by atoms with Gasteiger partial charge in [0.1, 0.15) is 5.57 Å². The molecular weight excluding hydrogens is 348 g/mol. The number of esters is 2. The summed E-state index contributed by atoms with van der Waals surface area (Å²) in [5.41, 5.74) is 0.435. The van der Waals surface area contributed by atoms with E-state index in [4.69, 9.17) is 18.9 Å². The maximum atomic E-state index is 12.3. The smallest absolute Gasteiger partial charge is 0.345 e. The van der Waals surface area contributed by atoms with Crippen molar-refractivity contribution in [2.75, 3.05) is 13.7 Å². The molecule has 0 saturated carbocycles. The summed E-state index contributed by atoms with van der Waals surface area (Å²) in [6.45, 7) is 9.55. The molecule has 0 bridgehead atoms. The van der Waals surface area contributed by atoms with Crippen molar-refractivity contribution in [3.8, 4) is 11.5 Å². The van der Waals surface area contributed by atoms with Crippen LogP contribution < -0.4 is 9.47 Å². The van der Waals surface area contributed by atoms with E-state index in [1.54, 1.807) is 45.9 Å². The van der Waals surface area contributed by atoms with Gasteiger partial charge >= 0.3 is 11.9 Å². The molecule has 0 aliphatic rings. The number of hydrogen-bond acceptors (Lipinski definition) is 6. The SMILES string of the molecule is CCCCOc1ccc(C=C(C(=O)OC(C)C)C(=O)OC(C)C)cc1OC. The van der Waals surface area contributed by atoms with Gasteiger partial charge in [-0.1, -0.05) is 19.4 Å². The molecular formula is C21H30O6. The lowest BCUT2D eigenvalue weighted by Gasteiger charge is -2.14. The Morgan fingerprint density at radius 3 is 2.07 bits per heavy atom. The summed E-state index contributed by atoms with van der Waals surface area (Å²) in [6, 6.07) is 5.20. The summed E-state index contributed by atoms with van der Waals surface area (Å²) in [5, 5.41) is 0. The standard InChI is InChI=1S/C21H30O6/c1-7-8-11-25-18-10-9-16(13-19(18)24-6)12-17(20(22)26-14(2)3)21(23)27-15(4)5/h9-10,12-15H,7-8,11H2,1-6H3. The van der Waals surface area contributed by atoms with Gasteiger partial charge in [0, 0.05) is 0 Å². The number of carbonyl (C=O) groups is 2. The molecule has 1 rings (SSSR count). The van der Waals surface area contributed by atoms with Crippen LogP contribution in [0.4, 0.5) is 0 Å². The zero-order valence-electron chi connectivity index (χ0n) is 17.0. The molecule has 0 aromatic heterocycles. The normalized spacial score (nSPS) is 10.5. The van der Waals surface area contributed by atoms with E-state index in [2.05, 4.69) is 6.92 Å². The fourth-order valence-electron chi connectivity index (χ4n) is 2.14. The van der Waals surface area contributed by atoms with Gasteiger partial charge in [0.25, 0.3) is 0 Å². The lowest BCUT2D eigenvalue weighted by Crippen LogP contribution is -2.23. The minimum Gasteiger partial charge on any atom is -0.493 e. The molecule has 6 heteroatoms. The monoisotopic (exact) mass is 378 g/mol. The maximum absolute atomic E-state index is 12.3. The van der Waals surface area contributed by atoms with Crippen LogP contribution in [0.5, 0.6) is 11.5 Å². The summed E-state index contributed by atoms with van der Waals surface area (Å²) in [5.74, 6) is -0.316. The third-order valence-corrected chi connectivity index (χ3v) is 3.38. The molecule has 0 N–H and O–H groups in total. The number of rotatable bonds is 10. The maximum Gasteiger partial charge on any atom is 0.345 e. The summed E-state index contributed by atoms with van der Waals surface area (Å²) in [7, 11) is 1.54. The van der Waals surface area contributed by atoms with E-state index in [1.165, 1.54) is 13.2 Å².